The van der Waals surface area contributed by atoms with Gasteiger partial charge >= 0.3 is 0 Å². The molecule has 1 aliphatic carbocycles. The molecule has 0 aromatic heterocycles. The summed E-state index contributed by atoms with van der Waals surface area (Å²) < 4.78 is 0. The Morgan fingerprint density at radius 3 is 2.37 bits per heavy atom. The van der Waals surface area contributed by atoms with Gasteiger partial charge < -0.3 is 16.8 Å². The van der Waals surface area contributed by atoms with Gasteiger partial charge in [-0.05, 0) is 38.1 Å². The molecule has 0 spiro atoms. The second-order valence-corrected chi connectivity index (χ2v) is 5.76. The van der Waals surface area contributed by atoms with Crippen LogP contribution in [0.5, 0.6) is 0 Å². The van der Waals surface area contributed by atoms with Crippen LogP contribution >= 0.6 is 0 Å². The van der Waals surface area contributed by atoms with Crippen LogP contribution in [0, 0.1) is 5.92 Å². The molecule has 5 N–H and O–H groups in total. The molecule has 0 radical (unpaired) electrons. The summed E-state index contributed by atoms with van der Waals surface area (Å²) in [6.07, 6.45) is 11.2. The van der Waals surface area contributed by atoms with Crippen molar-refractivity contribution in [1.29, 1.82) is 0 Å². The van der Waals surface area contributed by atoms with Gasteiger partial charge in [-0.1, -0.05) is 32.1 Å². The summed E-state index contributed by atoms with van der Waals surface area (Å²) in [5.74, 6) is 0.772. The summed E-state index contributed by atoms with van der Waals surface area (Å²) in [4.78, 5) is 11.9. The highest BCUT2D eigenvalue weighted by Crippen LogP contribution is 2.26. The van der Waals surface area contributed by atoms with Gasteiger partial charge in [0.2, 0.25) is 5.91 Å². The van der Waals surface area contributed by atoms with E-state index in [9.17, 15) is 4.79 Å². The molecule has 1 atom stereocenters. The molecule has 1 rings (SSSR count). The van der Waals surface area contributed by atoms with E-state index in [1.54, 1.807) is 0 Å². The van der Waals surface area contributed by atoms with Crippen molar-refractivity contribution in [2.24, 2.45) is 17.4 Å². The fourth-order valence-electron chi connectivity index (χ4n) is 2.97. The molecule has 112 valence electrons. The minimum atomic E-state index is 0.175. The van der Waals surface area contributed by atoms with Gasteiger partial charge in [0.25, 0.3) is 0 Å². The van der Waals surface area contributed by atoms with Crippen molar-refractivity contribution in [1.82, 2.24) is 5.32 Å². The summed E-state index contributed by atoms with van der Waals surface area (Å²) in [6, 6.07) is 0.192. The maximum absolute atomic E-state index is 11.9. The van der Waals surface area contributed by atoms with Crippen molar-refractivity contribution in [2.45, 2.75) is 70.3 Å². The first-order chi connectivity index (χ1) is 9.27. The maximum atomic E-state index is 11.9. The van der Waals surface area contributed by atoms with E-state index >= 15 is 0 Å². The Hall–Kier alpha value is -0.610. The molecule has 1 amide bonds. The lowest BCUT2D eigenvalue weighted by Crippen LogP contribution is -2.45. The lowest BCUT2D eigenvalue weighted by atomic mass is 9.84. The van der Waals surface area contributed by atoms with Crippen LogP contribution in [0.4, 0.5) is 0 Å². The highest BCUT2D eigenvalue weighted by atomic mass is 16.1. The van der Waals surface area contributed by atoms with Gasteiger partial charge in [0.05, 0.1) is 0 Å². The Bertz CT molecular complexity index is 240. The Balaban J connectivity index is 2.17. The number of nitrogens with one attached hydrogen (secondary N) is 1. The van der Waals surface area contributed by atoms with Gasteiger partial charge in [-0.15, -0.1) is 0 Å². The van der Waals surface area contributed by atoms with Crippen LogP contribution in [-0.4, -0.2) is 25.0 Å². The molecule has 1 saturated carbocycles. The Morgan fingerprint density at radius 2 is 1.74 bits per heavy atom. The van der Waals surface area contributed by atoms with Crippen LogP contribution < -0.4 is 16.8 Å². The third kappa shape index (κ3) is 6.92. The topological polar surface area (TPSA) is 81.1 Å². The molecule has 0 aromatic carbocycles. The second kappa shape index (κ2) is 10.2. The predicted molar refractivity (Wildman–Crippen MR) is 79.7 cm³/mol. The van der Waals surface area contributed by atoms with Gasteiger partial charge in [0, 0.05) is 19.0 Å². The molecule has 1 fully saturated rings. The number of unbranched alkanes of at least 4 members (excludes halogenated alkanes) is 3. The first-order valence-electron chi connectivity index (χ1n) is 7.97. The zero-order valence-electron chi connectivity index (χ0n) is 12.2. The summed E-state index contributed by atoms with van der Waals surface area (Å²) in [6.45, 7) is 1.33. The zero-order valence-corrected chi connectivity index (χ0v) is 12.2. The SMILES string of the molecule is NCCCCCCC(=O)NC(CN)C1CCCCC1. The molecular weight excluding hydrogens is 238 g/mol. The Kier molecular flexibility index (Phi) is 8.84. The highest BCUT2D eigenvalue weighted by Gasteiger charge is 2.23. The molecule has 0 aliphatic heterocycles. The molecule has 4 heteroatoms. The van der Waals surface area contributed by atoms with E-state index in [0.717, 1.165) is 32.2 Å². The van der Waals surface area contributed by atoms with Crippen molar-refractivity contribution in [2.75, 3.05) is 13.1 Å². The second-order valence-electron chi connectivity index (χ2n) is 5.76. The number of nitrogens with two attached hydrogens (primary N) is 2. The smallest absolute Gasteiger partial charge is 0.220 e. The lowest BCUT2D eigenvalue weighted by Gasteiger charge is -2.30. The van der Waals surface area contributed by atoms with Crippen molar-refractivity contribution in [3.05, 3.63) is 0 Å². The Labute approximate surface area is 117 Å². The minimum Gasteiger partial charge on any atom is -0.352 e. The molecule has 0 saturated heterocycles. The van der Waals surface area contributed by atoms with Gasteiger partial charge in [-0.2, -0.15) is 0 Å². The third-order valence-corrected chi connectivity index (χ3v) is 4.18. The van der Waals surface area contributed by atoms with E-state index in [1.165, 1.54) is 32.1 Å². The van der Waals surface area contributed by atoms with Gasteiger partial charge in [-0.3, -0.25) is 4.79 Å². The maximum Gasteiger partial charge on any atom is 0.220 e. The van der Waals surface area contributed by atoms with E-state index < -0.39 is 0 Å². The van der Waals surface area contributed by atoms with E-state index in [-0.39, 0.29) is 11.9 Å². The van der Waals surface area contributed by atoms with Crippen LogP contribution in [0.2, 0.25) is 0 Å². The quantitative estimate of drug-likeness (QED) is 0.559. The van der Waals surface area contributed by atoms with Crippen LogP contribution in [0.25, 0.3) is 0 Å². The largest absolute Gasteiger partial charge is 0.352 e. The van der Waals surface area contributed by atoms with E-state index in [1.807, 2.05) is 0 Å². The summed E-state index contributed by atoms with van der Waals surface area (Å²) in [7, 11) is 0. The summed E-state index contributed by atoms with van der Waals surface area (Å²) >= 11 is 0. The summed E-state index contributed by atoms with van der Waals surface area (Å²) in [5.41, 5.74) is 11.3. The monoisotopic (exact) mass is 269 g/mol. The number of carbonyl (C=O) groups excluding carboxylic acids is 1. The fourth-order valence-corrected chi connectivity index (χ4v) is 2.97. The molecule has 1 unspecified atom stereocenters. The van der Waals surface area contributed by atoms with E-state index in [0.29, 0.717) is 18.9 Å². The standard InChI is InChI=1S/C15H31N3O/c16-11-7-2-1-6-10-15(19)18-14(12-17)13-8-4-3-5-9-13/h13-14H,1-12,16-17H2,(H,18,19). The van der Waals surface area contributed by atoms with Crippen LogP contribution in [0.3, 0.4) is 0 Å². The number of carbonyl (C=O) groups is 1. The number of hydrogen-bond donors (Lipinski definition) is 3. The van der Waals surface area contributed by atoms with Crippen LogP contribution in [0.15, 0.2) is 0 Å². The van der Waals surface area contributed by atoms with Crippen molar-refractivity contribution in [3.8, 4) is 0 Å². The van der Waals surface area contributed by atoms with Crippen LogP contribution in [-0.2, 0) is 4.79 Å². The lowest BCUT2D eigenvalue weighted by molar-refractivity contribution is -0.122. The van der Waals surface area contributed by atoms with Gasteiger partial charge in [0.15, 0.2) is 0 Å². The molecule has 4 nitrogen and oxygen atoms in total. The first kappa shape index (κ1) is 16.4. The minimum absolute atomic E-state index is 0.175. The van der Waals surface area contributed by atoms with E-state index in [4.69, 9.17) is 11.5 Å². The Morgan fingerprint density at radius 1 is 1.05 bits per heavy atom. The van der Waals surface area contributed by atoms with Gasteiger partial charge in [0.1, 0.15) is 0 Å². The summed E-state index contributed by atoms with van der Waals surface area (Å²) in [5, 5.41) is 3.14. The third-order valence-electron chi connectivity index (χ3n) is 4.18. The average molecular weight is 269 g/mol. The molecule has 1 aliphatic rings. The molecule has 0 heterocycles. The fraction of sp³-hybridized carbons (Fsp3) is 0.933. The predicted octanol–water partition coefficient (Wildman–Crippen LogP) is 1.92. The number of hydrogen-bond acceptors (Lipinski definition) is 3. The molecule has 19 heavy (non-hydrogen) atoms. The number of amides is 1. The first-order valence-corrected chi connectivity index (χ1v) is 7.97. The normalized spacial score (nSPS) is 18.2. The average Bonchev–Trinajstić information content (AvgIpc) is 2.45. The van der Waals surface area contributed by atoms with Crippen molar-refractivity contribution in [3.63, 3.8) is 0 Å². The molecular formula is C15H31N3O. The number of rotatable bonds is 9. The van der Waals surface area contributed by atoms with Crippen LogP contribution in [0.1, 0.15) is 64.2 Å². The van der Waals surface area contributed by atoms with Crippen molar-refractivity contribution >= 4 is 5.91 Å². The zero-order chi connectivity index (χ0) is 13.9. The highest BCUT2D eigenvalue weighted by molar-refractivity contribution is 5.76. The molecule has 0 bridgehead atoms. The molecule has 0 aromatic rings. The van der Waals surface area contributed by atoms with Crippen molar-refractivity contribution < 1.29 is 4.79 Å². The van der Waals surface area contributed by atoms with E-state index in [2.05, 4.69) is 5.32 Å². The van der Waals surface area contributed by atoms with Gasteiger partial charge in [-0.25, -0.2) is 0 Å².